The van der Waals surface area contributed by atoms with Gasteiger partial charge in [0.1, 0.15) is 18.2 Å². The van der Waals surface area contributed by atoms with Gasteiger partial charge < -0.3 is 19.9 Å². The van der Waals surface area contributed by atoms with E-state index in [2.05, 4.69) is 20.2 Å². The standard InChI is InChI=1S/C16H21N5O2S.2ClH/c1-11-13(17-3-8-23-11)16(22)21-6-4-20(5-7-21)15-14-12(2-9-24-14)18-10-19-15;;/h2,9-11,13,17H,3-8H2,1H3;2*1H/t11-,13+;;/m1../s1. The number of ether oxygens (including phenoxy) is 1. The Morgan fingerprint density at radius 3 is 2.77 bits per heavy atom. The van der Waals surface area contributed by atoms with Crippen molar-refractivity contribution in [1.29, 1.82) is 0 Å². The molecule has 4 heterocycles. The van der Waals surface area contributed by atoms with Crippen LogP contribution in [0.2, 0.25) is 0 Å². The number of carbonyl (C=O) groups is 1. The molecule has 2 aromatic rings. The molecule has 2 aliphatic rings. The summed E-state index contributed by atoms with van der Waals surface area (Å²) >= 11 is 1.66. The summed E-state index contributed by atoms with van der Waals surface area (Å²) in [5.41, 5.74) is 0.987. The van der Waals surface area contributed by atoms with Crippen LogP contribution in [0.25, 0.3) is 10.2 Å². The van der Waals surface area contributed by atoms with Gasteiger partial charge in [-0.05, 0) is 18.4 Å². The number of fused-ring (bicyclic) bond motifs is 1. The number of piperazine rings is 1. The number of hydrogen-bond donors (Lipinski definition) is 1. The molecule has 2 aromatic heterocycles. The van der Waals surface area contributed by atoms with E-state index in [1.54, 1.807) is 17.7 Å². The van der Waals surface area contributed by atoms with Crippen molar-refractivity contribution in [1.82, 2.24) is 20.2 Å². The fourth-order valence-electron chi connectivity index (χ4n) is 3.35. The highest BCUT2D eigenvalue weighted by Gasteiger charge is 2.33. The van der Waals surface area contributed by atoms with Crippen LogP contribution in [0.5, 0.6) is 0 Å². The van der Waals surface area contributed by atoms with Gasteiger partial charge in [-0.1, -0.05) is 0 Å². The molecule has 0 radical (unpaired) electrons. The highest BCUT2D eigenvalue weighted by molar-refractivity contribution is 7.17. The van der Waals surface area contributed by atoms with Gasteiger partial charge in [0.25, 0.3) is 0 Å². The van der Waals surface area contributed by atoms with Crippen molar-refractivity contribution in [3.8, 4) is 0 Å². The minimum Gasteiger partial charge on any atom is -0.375 e. The Labute approximate surface area is 168 Å². The summed E-state index contributed by atoms with van der Waals surface area (Å²) in [7, 11) is 0. The summed E-state index contributed by atoms with van der Waals surface area (Å²) in [6.45, 7) is 6.36. The number of rotatable bonds is 2. The first-order valence-corrected chi connectivity index (χ1v) is 9.19. The molecule has 26 heavy (non-hydrogen) atoms. The number of aromatic nitrogens is 2. The second-order valence-corrected chi connectivity index (χ2v) is 7.07. The third-order valence-corrected chi connectivity index (χ3v) is 5.60. The number of morpholine rings is 1. The molecule has 0 saturated carbocycles. The van der Waals surface area contributed by atoms with Crippen molar-refractivity contribution in [3.05, 3.63) is 17.8 Å². The quantitative estimate of drug-likeness (QED) is 0.796. The second-order valence-electron chi connectivity index (χ2n) is 6.15. The highest BCUT2D eigenvalue weighted by atomic mass is 35.5. The molecule has 2 saturated heterocycles. The Morgan fingerprint density at radius 2 is 2.04 bits per heavy atom. The molecule has 0 aliphatic carbocycles. The first-order valence-electron chi connectivity index (χ1n) is 8.31. The van der Waals surface area contributed by atoms with Crippen molar-refractivity contribution in [3.63, 3.8) is 0 Å². The van der Waals surface area contributed by atoms with Crippen LogP contribution in [0.1, 0.15) is 6.92 Å². The summed E-state index contributed by atoms with van der Waals surface area (Å²) in [6, 6.07) is 1.79. The number of nitrogens with one attached hydrogen (secondary N) is 1. The molecule has 1 N–H and O–H groups in total. The largest absolute Gasteiger partial charge is 0.375 e. The lowest BCUT2D eigenvalue weighted by molar-refractivity contribution is -0.139. The summed E-state index contributed by atoms with van der Waals surface area (Å²) in [4.78, 5) is 25.7. The van der Waals surface area contributed by atoms with E-state index >= 15 is 0 Å². The summed E-state index contributed by atoms with van der Waals surface area (Å²) in [6.07, 6.45) is 1.55. The Bertz CT molecular complexity index is 738. The third-order valence-electron chi connectivity index (χ3n) is 4.70. The lowest BCUT2D eigenvalue weighted by Gasteiger charge is -2.39. The van der Waals surface area contributed by atoms with E-state index in [4.69, 9.17) is 4.74 Å². The predicted octanol–water partition coefficient (Wildman–Crippen LogP) is 1.56. The van der Waals surface area contributed by atoms with Crippen molar-refractivity contribution in [2.24, 2.45) is 0 Å². The minimum atomic E-state index is -0.228. The van der Waals surface area contributed by atoms with E-state index < -0.39 is 0 Å². The Hall–Kier alpha value is -1.19. The first-order chi connectivity index (χ1) is 11.7. The fraction of sp³-hybridized carbons (Fsp3) is 0.562. The Morgan fingerprint density at radius 1 is 1.27 bits per heavy atom. The van der Waals surface area contributed by atoms with Crippen LogP contribution in [-0.2, 0) is 9.53 Å². The summed E-state index contributed by atoms with van der Waals surface area (Å²) < 4.78 is 6.71. The van der Waals surface area contributed by atoms with E-state index in [9.17, 15) is 4.79 Å². The van der Waals surface area contributed by atoms with Crippen LogP contribution in [0, 0.1) is 0 Å². The number of thiophene rings is 1. The molecule has 2 fully saturated rings. The average molecular weight is 420 g/mol. The van der Waals surface area contributed by atoms with E-state index in [1.165, 1.54) is 0 Å². The molecule has 2 aliphatic heterocycles. The molecule has 0 spiro atoms. The topological polar surface area (TPSA) is 70.6 Å². The number of nitrogens with zero attached hydrogens (tertiary/aromatic N) is 4. The molecular weight excluding hydrogens is 397 g/mol. The molecule has 0 bridgehead atoms. The number of anilines is 1. The normalized spacial score (nSPS) is 23.3. The second kappa shape index (κ2) is 9.14. The zero-order valence-electron chi connectivity index (χ0n) is 14.5. The van der Waals surface area contributed by atoms with Gasteiger partial charge in [0.2, 0.25) is 5.91 Å². The Balaban J connectivity index is 0.00000121. The molecule has 10 heteroatoms. The SMILES string of the molecule is C[C@H]1OCCN[C@@H]1C(=O)N1CCN(c2ncnc3ccsc23)CC1.Cl.Cl. The van der Waals surface area contributed by atoms with E-state index in [0.29, 0.717) is 19.7 Å². The van der Waals surface area contributed by atoms with Gasteiger partial charge in [-0.3, -0.25) is 4.79 Å². The van der Waals surface area contributed by atoms with Crippen LogP contribution >= 0.6 is 36.2 Å². The monoisotopic (exact) mass is 419 g/mol. The van der Waals surface area contributed by atoms with Gasteiger partial charge in [-0.25, -0.2) is 9.97 Å². The lowest BCUT2D eigenvalue weighted by Crippen LogP contribution is -2.59. The maximum Gasteiger partial charge on any atom is 0.242 e. The van der Waals surface area contributed by atoms with Crippen LogP contribution in [0.3, 0.4) is 0 Å². The van der Waals surface area contributed by atoms with Crippen molar-refractivity contribution in [2.45, 2.75) is 19.1 Å². The molecule has 4 rings (SSSR count). The van der Waals surface area contributed by atoms with Gasteiger partial charge in [-0.15, -0.1) is 36.2 Å². The molecule has 0 unspecified atom stereocenters. The lowest BCUT2D eigenvalue weighted by atomic mass is 10.1. The van der Waals surface area contributed by atoms with Gasteiger partial charge in [-0.2, -0.15) is 0 Å². The van der Waals surface area contributed by atoms with Gasteiger partial charge in [0.15, 0.2) is 0 Å². The number of amides is 1. The van der Waals surface area contributed by atoms with Crippen molar-refractivity contribution >= 4 is 58.1 Å². The minimum absolute atomic E-state index is 0. The molecule has 144 valence electrons. The molecule has 1 amide bonds. The van der Waals surface area contributed by atoms with E-state index in [1.807, 2.05) is 23.3 Å². The number of hydrogen-bond acceptors (Lipinski definition) is 7. The smallest absolute Gasteiger partial charge is 0.242 e. The number of halogens is 2. The zero-order valence-corrected chi connectivity index (χ0v) is 16.9. The van der Waals surface area contributed by atoms with Gasteiger partial charge >= 0.3 is 0 Å². The molecular formula is C16H23Cl2N5O2S. The summed E-state index contributed by atoms with van der Waals surface area (Å²) in [5.74, 6) is 1.13. The predicted molar refractivity (Wildman–Crippen MR) is 108 cm³/mol. The van der Waals surface area contributed by atoms with Crippen LogP contribution in [0.4, 0.5) is 5.82 Å². The highest BCUT2D eigenvalue weighted by Crippen LogP contribution is 2.28. The maximum atomic E-state index is 12.7. The van der Waals surface area contributed by atoms with Crippen LogP contribution in [0.15, 0.2) is 17.8 Å². The van der Waals surface area contributed by atoms with Crippen LogP contribution < -0.4 is 10.2 Å². The molecule has 0 aromatic carbocycles. The van der Waals surface area contributed by atoms with Crippen molar-refractivity contribution in [2.75, 3.05) is 44.2 Å². The number of carbonyl (C=O) groups excluding carboxylic acids is 1. The van der Waals surface area contributed by atoms with Gasteiger partial charge in [0, 0.05) is 32.7 Å². The van der Waals surface area contributed by atoms with Crippen LogP contribution in [-0.4, -0.2) is 72.3 Å². The maximum absolute atomic E-state index is 12.7. The fourth-order valence-corrected chi connectivity index (χ4v) is 4.21. The Kier molecular flexibility index (Phi) is 7.42. The van der Waals surface area contributed by atoms with E-state index in [-0.39, 0.29) is 42.9 Å². The average Bonchev–Trinajstić information content (AvgIpc) is 3.10. The third kappa shape index (κ3) is 4.04. The summed E-state index contributed by atoms with van der Waals surface area (Å²) in [5, 5.41) is 5.32. The molecule has 7 nitrogen and oxygen atoms in total. The van der Waals surface area contributed by atoms with E-state index in [0.717, 1.165) is 35.7 Å². The first kappa shape index (κ1) is 21.1. The zero-order chi connectivity index (χ0) is 16.5. The molecule has 2 atom stereocenters. The van der Waals surface area contributed by atoms with Gasteiger partial charge in [0.05, 0.1) is 22.9 Å². The van der Waals surface area contributed by atoms with Crippen molar-refractivity contribution < 1.29 is 9.53 Å².